The van der Waals surface area contributed by atoms with Gasteiger partial charge >= 0.3 is 0 Å². The Hall–Kier alpha value is -2.73. The molecule has 0 aliphatic carbocycles. The minimum absolute atomic E-state index is 0.406. The lowest BCUT2D eigenvalue weighted by Crippen LogP contribution is -2.43. The van der Waals surface area contributed by atoms with E-state index in [0.717, 1.165) is 96.5 Å². The SMILES string of the molecule is CCc1[nH]c2nc(Sc3cnc4c(N)nc(CN5CCNCC5)nc4c3)nc(N3CCCC3)c2c1Cl. The van der Waals surface area contributed by atoms with E-state index in [1.807, 2.05) is 6.07 Å². The van der Waals surface area contributed by atoms with Gasteiger partial charge in [-0.2, -0.15) is 0 Å². The zero-order valence-electron chi connectivity index (χ0n) is 20.2. The van der Waals surface area contributed by atoms with Crippen LogP contribution in [0.3, 0.4) is 0 Å². The van der Waals surface area contributed by atoms with Crippen LogP contribution in [0.15, 0.2) is 22.3 Å². The van der Waals surface area contributed by atoms with Crippen molar-refractivity contribution in [2.75, 3.05) is 49.9 Å². The van der Waals surface area contributed by atoms with Crippen molar-refractivity contribution in [2.45, 2.75) is 42.8 Å². The molecule has 12 heteroatoms. The van der Waals surface area contributed by atoms with Gasteiger partial charge in [0.1, 0.15) is 22.8 Å². The van der Waals surface area contributed by atoms with E-state index >= 15 is 0 Å². The predicted molar refractivity (Wildman–Crippen MR) is 144 cm³/mol. The molecule has 6 heterocycles. The second-order valence-electron chi connectivity index (χ2n) is 9.21. The summed E-state index contributed by atoms with van der Waals surface area (Å²) in [5.41, 5.74) is 9.35. The number of fused-ring (bicyclic) bond motifs is 2. The number of nitrogens with one attached hydrogen (secondary N) is 2. The van der Waals surface area contributed by atoms with Crippen molar-refractivity contribution in [2.24, 2.45) is 0 Å². The maximum absolute atomic E-state index is 6.73. The maximum atomic E-state index is 6.73. The van der Waals surface area contributed by atoms with Gasteiger partial charge in [-0.1, -0.05) is 18.5 Å². The third-order valence-electron chi connectivity index (χ3n) is 6.75. The summed E-state index contributed by atoms with van der Waals surface area (Å²) in [6.07, 6.45) is 4.90. The number of halogens is 1. The molecule has 4 aromatic rings. The number of pyridine rings is 1. The molecule has 10 nitrogen and oxygen atoms in total. The zero-order valence-corrected chi connectivity index (χ0v) is 21.8. The molecule has 0 aromatic carbocycles. The number of nitrogen functional groups attached to an aromatic ring is 1. The lowest BCUT2D eigenvalue weighted by atomic mass is 10.3. The van der Waals surface area contributed by atoms with Crippen LogP contribution in [0, 0.1) is 0 Å². The topological polar surface area (TPSA) is 125 Å². The molecular formula is C24H29ClN10S. The number of piperazine rings is 1. The van der Waals surface area contributed by atoms with Crippen LogP contribution in [0.4, 0.5) is 11.6 Å². The fourth-order valence-corrected chi connectivity index (χ4v) is 6.00. The molecule has 4 aromatic heterocycles. The summed E-state index contributed by atoms with van der Waals surface area (Å²) in [5, 5.41) is 5.65. The van der Waals surface area contributed by atoms with Crippen molar-refractivity contribution in [3.8, 4) is 0 Å². The maximum Gasteiger partial charge on any atom is 0.196 e. The standard InChI is InChI=1S/C24H29ClN10S/c1-2-15-19(25)18-22(30-15)32-24(33-23(18)35-7-3-4-8-35)36-14-11-16-20(28-12-14)21(26)31-17(29-16)13-34-9-5-27-6-10-34/h11-12,27H,2-10,13H2,1H3,(H2,26,29,31)(H,30,32,33). The van der Waals surface area contributed by atoms with E-state index in [-0.39, 0.29) is 0 Å². The monoisotopic (exact) mass is 524 g/mol. The van der Waals surface area contributed by atoms with Crippen molar-refractivity contribution in [1.29, 1.82) is 0 Å². The van der Waals surface area contributed by atoms with Crippen LogP contribution in [-0.2, 0) is 13.0 Å². The highest BCUT2D eigenvalue weighted by Gasteiger charge is 2.23. The van der Waals surface area contributed by atoms with Crippen LogP contribution in [0.1, 0.15) is 31.3 Å². The van der Waals surface area contributed by atoms with Crippen molar-refractivity contribution in [1.82, 2.24) is 40.1 Å². The molecule has 188 valence electrons. The minimum Gasteiger partial charge on any atom is -0.382 e. The molecule has 0 amide bonds. The molecule has 0 radical (unpaired) electrons. The van der Waals surface area contributed by atoms with E-state index in [1.54, 1.807) is 6.20 Å². The summed E-state index contributed by atoms with van der Waals surface area (Å²) in [4.78, 5) is 32.6. The molecule has 0 unspecified atom stereocenters. The van der Waals surface area contributed by atoms with Gasteiger partial charge in [-0.25, -0.2) is 24.9 Å². The first kappa shape index (κ1) is 23.7. The summed E-state index contributed by atoms with van der Waals surface area (Å²) in [6.45, 7) is 8.59. The number of H-pyrrole nitrogens is 1. The Morgan fingerprint density at radius 1 is 1.08 bits per heavy atom. The summed E-state index contributed by atoms with van der Waals surface area (Å²) in [6, 6.07) is 1.99. The van der Waals surface area contributed by atoms with Crippen molar-refractivity contribution >= 4 is 57.1 Å². The van der Waals surface area contributed by atoms with E-state index in [2.05, 4.69) is 37.0 Å². The van der Waals surface area contributed by atoms with Gasteiger partial charge in [0.05, 0.1) is 22.5 Å². The number of rotatable bonds is 6. The van der Waals surface area contributed by atoms with Crippen LogP contribution in [0.25, 0.3) is 22.1 Å². The van der Waals surface area contributed by atoms with Crippen LogP contribution >= 0.6 is 23.4 Å². The van der Waals surface area contributed by atoms with Gasteiger partial charge in [0.15, 0.2) is 11.0 Å². The van der Waals surface area contributed by atoms with E-state index in [1.165, 1.54) is 11.8 Å². The number of hydrogen-bond acceptors (Lipinski definition) is 10. The van der Waals surface area contributed by atoms with Crippen molar-refractivity contribution in [3.63, 3.8) is 0 Å². The number of hydrogen-bond donors (Lipinski definition) is 3. The molecule has 0 spiro atoms. The first-order chi connectivity index (χ1) is 17.6. The Bertz CT molecular complexity index is 1410. The van der Waals surface area contributed by atoms with Crippen molar-refractivity contribution < 1.29 is 0 Å². The Morgan fingerprint density at radius 3 is 2.67 bits per heavy atom. The lowest BCUT2D eigenvalue weighted by Gasteiger charge is -2.26. The highest BCUT2D eigenvalue weighted by atomic mass is 35.5. The van der Waals surface area contributed by atoms with Gasteiger partial charge in [-0.05, 0) is 37.1 Å². The van der Waals surface area contributed by atoms with Crippen molar-refractivity contribution in [3.05, 3.63) is 28.8 Å². The summed E-state index contributed by atoms with van der Waals surface area (Å²) in [5.74, 6) is 2.02. The molecule has 0 atom stereocenters. The van der Waals surface area contributed by atoms with Gasteiger partial charge in [-0.3, -0.25) is 4.90 Å². The number of anilines is 2. The summed E-state index contributed by atoms with van der Waals surface area (Å²) in [7, 11) is 0. The van der Waals surface area contributed by atoms with Gasteiger partial charge < -0.3 is 20.9 Å². The number of nitrogens with two attached hydrogens (primary N) is 1. The fraction of sp³-hybridized carbons (Fsp3) is 0.458. The molecule has 36 heavy (non-hydrogen) atoms. The van der Waals surface area contributed by atoms with E-state index in [4.69, 9.17) is 32.3 Å². The van der Waals surface area contributed by atoms with Gasteiger partial charge in [0, 0.05) is 56.1 Å². The highest BCUT2D eigenvalue weighted by molar-refractivity contribution is 7.99. The van der Waals surface area contributed by atoms with Crippen LogP contribution < -0.4 is 16.0 Å². The summed E-state index contributed by atoms with van der Waals surface area (Å²) < 4.78 is 0. The first-order valence-corrected chi connectivity index (χ1v) is 13.6. The molecule has 2 saturated heterocycles. The molecule has 0 saturated carbocycles. The van der Waals surface area contributed by atoms with Gasteiger partial charge in [0.2, 0.25) is 0 Å². The normalized spacial score (nSPS) is 17.0. The lowest BCUT2D eigenvalue weighted by molar-refractivity contribution is 0.228. The molecule has 6 rings (SSSR count). The highest BCUT2D eigenvalue weighted by Crippen LogP contribution is 2.37. The first-order valence-electron chi connectivity index (χ1n) is 12.4. The largest absolute Gasteiger partial charge is 0.382 e. The van der Waals surface area contributed by atoms with Crippen LogP contribution in [0.5, 0.6) is 0 Å². The second kappa shape index (κ2) is 9.97. The smallest absolute Gasteiger partial charge is 0.196 e. The number of nitrogens with zero attached hydrogens (tertiary/aromatic N) is 7. The molecule has 2 fully saturated rings. The van der Waals surface area contributed by atoms with Crippen LogP contribution in [0.2, 0.25) is 5.02 Å². The molecular weight excluding hydrogens is 496 g/mol. The number of aryl methyl sites for hydroxylation is 1. The molecule has 0 bridgehead atoms. The number of aromatic nitrogens is 6. The zero-order chi connectivity index (χ0) is 24.6. The van der Waals surface area contributed by atoms with Gasteiger partial charge in [-0.15, -0.1) is 0 Å². The Balaban J connectivity index is 1.34. The predicted octanol–water partition coefficient (Wildman–Crippen LogP) is 3.25. The quantitative estimate of drug-likeness (QED) is 0.323. The van der Waals surface area contributed by atoms with E-state index in [9.17, 15) is 0 Å². The number of aromatic amines is 1. The third kappa shape index (κ3) is 4.56. The average Bonchev–Trinajstić information content (AvgIpc) is 3.52. The Morgan fingerprint density at radius 2 is 1.89 bits per heavy atom. The molecule has 2 aliphatic heterocycles. The van der Waals surface area contributed by atoms with Gasteiger partial charge in [0.25, 0.3) is 0 Å². The van der Waals surface area contributed by atoms with E-state index in [0.29, 0.717) is 28.9 Å². The fourth-order valence-electron chi connectivity index (χ4n) is 4.89. The molecule has 2 aliphatic rings. The second-order valence-corrected chi connectivity index (χ2v) is 10.6. The third-order valence-corrected chi connectivity index (χ3v) is 7.99. The minimum atomic E-state index is 0.406. The Labute approximate surface area is 218 Å². The van der Waals surface area contributed by atoms with E-state index < -0.39 is 0 Å². The Kier molecular flexibility index (Phi) is 6.55. The summed E-state index contributed by atoms with van der Waals surface area (Å²) >= 11 is 8.20. The van der Waals surface area contributed by atoms with Crippen LogP contribution in [-0.4, -0.2) is 74.1 Å². The average molecular weight is 525 g/mol. The molecule has 4 N–H and O–H groups in total.